The molecule has 0 unspecified atom stereocenters. The van der Waals surface area contributed by atoms with Gasteiger partial charge in [0.15, 0.2) is 0 Å². The zero-order valence-electron chi connectivity index (χ0n) is 11.1. The minimum atomic E-state index is 0.133. The van der Waals surface area contributed by atoms with Crippen molar-refractivity contribution >= 4 is 5.82 Å². The molecule has 0 radical (unpaired) electrons. The van der Waals surface area contributed by atoms with E-state index in [1.54, 1.807) is 42.5 Å². The monoisotopic (exact) mass is 279 g/mol. The van der Waals surface area contributed by atoms with Crippen LogP contribution in [0.1, 0.15) is 0 Å². The Morgan fingerprint density at radius 1 is 0.905 bits per heavy atom. The number of nitrogen functional groups attached to an aromatic ring is 1. The summed E-state index contributed by atoms with van der Waals surface area (Å²) in [5.74, 6) is 0.593. The molecule has 0 aliphatic carbocycles. The van der Waals surface area contributed by atoms with E-state index >= 15 is 0 Å². The van der Waals surface area contributed by atoms with Gasteiger partial charge in [0.2, 0.25) is 0 Å². The predicted octanol–water partition coefficient (Wildman–Crippen LogP) is 2.80. The normalized spacial score (nSPS) is 10.5. The van der Waals surface area contributed by atoms with Crippen molar-refractivity contribution in [2.75, 3.05) is 5.73 Å². The molecule has 5 heteroatoms. The van der Waals surface area contributed by atoms with Crippen LogP contribution in [0.25, 0.3) is 22.5 Å². The molecule has 2 aromatic carbocycles. The molecule has 0 atom stereocenters. The molecule has 0 aliphatic rings. The van der Waals surface area contributed by atoms with Gasteiger partial charge in [-0.15, -0.1) is 0 Å². The van der Waals surface area contributed by atoms with Gasteiger partial charge in [-0.25, -0.2) is 9.97 Å². The number of phenolic OH excluding ortho intramolecular Hbond substituents is 2. The first-order valence-corrected chi connectivity index (χ1v) is 6.35. The number of anilines is 1. The summed E-state index contributed by atoms with van der Waals surface area (Å²) in [6.07, 6.45) is 1.52. The van der Waals surface area contributed by atoms with Crippen molar-refractivity contribution in [2.24, 2.45) is 0 Å². The van der Waals surface area contributed by atoms with Gasteiger partial charge >= 0.3 is 0 Å². The largest absolute Gasteiger partial charge is 0.508 e. The third kappa shape index (κ3) is 2.49. The molecular formula is C16H13N3O2. The van der Waals surface area contributed by atoms with Crippen LogP contribution in [-0.4, -0.2) is 20.2 Å². The summed E-state index contributed by atoms with van der Waals surface area (Å²) in [5, 5.41) is 19.2. The van der Waals surface area contributed by atoms with Gasteiger partial charge in [0.05, 0.1) is 11.9 Å². The Labute approximate surface area is 121 Å². The Morgan fingerprint density at radius 2 is 1.62 bits per heavy atom. The maximum absolute atomic E-state index is 9.90. The number of nitrogens with zero attached hydrogens (tertiary/aromatic N) is 2. The lowest BCUT2D eigenvalue weighted by Gasteiger charge is -2.08. The standard InChI is InChI=1S/C16H13N3O2/c17-16-15(10-5-7-11(20)8-6-10)19-13(9-18-16)12-3-1-2-4-14(12)21/h1-9,20-21H,(H2,17,18). The molecule has 0 fully saturated rings. The Hall–Kier alpha value is -3.08. The van der Waals surface area contributed by atoms with Crippen LogP contribution in [0.5, 0.6) is 11.5 Å². The number of aromatic nitrogens is 2. The molecule has 21 heavy (non-hydrogen) atoms. The van der Waals surface area contributed by atoms with Gasteiger partial charge in [0, 0.05) is 11.1 Å². The first kappa shape index (κ1) is 12.9. The van der Waals surface area contributed by atoms with E-state index in [9.17, 15) is 10.2 Å². The fraction of sp³-hybridized carbons (Fsp3) is 0. The van der Waals surface area contributed by atoms with E-state index in [2.05, 4.69) is 9.97 Å². The lowest BCUT2D eigenvalue weighted by atomic mass is 10.1. The van der Waals surface area contributed by atoms with Gasteiger partial charge in [0.1, 0.15) is 23.0 Å². The molecule has 0 aliphatic heterocycles. The maximum Gasteiger partial charge on any atom is 0.150 e. The predicted molar refractivity (Wildman–Crippen MR) is 80.6 cm³/mol. The number of hydrogen-bond donors (Lipinski definition) is 3. The van der Waals surface area contributed by atoms with Crippen LogP contribution in [0.15, 0.2) is 54.7 Å². The van der Waals surface area contributed by atoms with Crippen LogP contribution in [0.3, 0.4) is 0 Å². The Kier molecular flexibility index (Phi) is 3.16. The second kappa shape index (κ2) is 5.13. The van der Waals surface area contributed by atoms with Gasteiger partial charge in [-0.2, -0.15) is 0 Å². The first-order valence-electron chi connectivity index (χ1n) is 6.35. The fourth-order valence-corrected chi connectivity index (χ4v) is 2.05. The van der Waals surface area contributed by atoms with E-state index in [1.165, 1.54) is 6.20 Å². The molecule has 3 aromatic rings. The molecular weight excluding hydrogens is 266 g/mol. The van der Waals surface area contributed by atoms with Gasteiger partial charge < -0.3 is 15.9 Å². The van der Waals surface area contributed by atoms with E-state index in [4.69, 9.17) is 5.73 Å². The van der Waals surface area contributed by atoms with E-state index in [-0.39, 0.29) is 11.5 Å². The summed E-state index contributed by atoms with van der Waals surface area (Å²) in [7, 11) is 0. The van der Waals surface area contributed by atoms with Crippen molar-refractivity contribution in [2.45, 2.75) is 0 Å². The van der Waals surface area contributed by atoms with Crippen LogP contribution in [0.2, 0.25) is 0 Å². The molecule has 0 spiro atoms. The molecule has 3 rings (SSSR count). The summed E-state index contributed by atoms with van der Waals surface area (Å²) in [4.78, 5) is 8.61. The van der Waals surface area contributed by atoms with Crippen LogP contribution < -0.4 is 5.73 Å². The number of phenols is 2. The summed E-state index contributed by atoms with van der Waals surface area (Å²) in [5.41, 5.74) is 8.25. The zero-order chi connectivity index (χ0) is 14.8. The smallest absolute Gasteiger partial charge is 0.150 e. The highest BCUT2D eigenvalue weighted by atomic mass is 16.3. The van der Waals surface area contributed by atoms with Crippen LogP contribution in [0, 0.1) is 0 Å². The van der Waals surface area contributed by atoms with E-state index in [0.29, 0.717) is 22.8 Å². The Bertz CT molecular complexity index is 786. The van der Waals surface area contributed by atoms with Gasteiger partial charge in [-0.1, -0.05) is 12.1 Å². The highest BCUT2D eigenvalue weighted by Gasteiger charge is 2.11. The maximum atomic E-state index is 9.90. The third-order valence-corrected chi connectivity index (χ3v) is 3.12. The molecule has 1 aromatic heterocycles. The lowest BCUT2D eigenvalue weighted by Crippen LogP contribution is -1.98. The Balaban J connectivity index is 2.13. The van der Waals surface area contributed by atoms with Crippen LogP contribution in [0.4, 0.5) is 5.82 Å². The third-order valence-electron chi connectivity index (χ3n) is 3.12. The molecule has 0 saturated heterocycles. The lowest BCUT2D eigenvalue weighted by molar-refractivity contribution is 0.475. The molecule has 5 nitrogen and oxygen atoms in total. The fourth-order valence-electron chi connectivity index (χ4n) is 2.05. The molecule has 0 amide bonds. The Morgan fingerprint density at radius 3 is 2.33 bits per heavy atom. The number of benzene rings is 2. The average Bonchev–Trinajstić information content (AvgIpc) is 2.50. The molecule has 104 valence electrons. The summed E-state index contributed by atoms with van der Waals surface area (Å²) in [6.45, 7) is 0. The van der Waals surface area contributed by atoms with E-state index in [0.717, 1.165) is 5.56 Å². The second-order valence-electron chi connectivity index (χ2n) is 4.55. The highest BCUT2D eigenvalue weighted by Crippen LogP contribution is 2.30. The molecule has 0 bridgehead atoms. The number of rotatable bonds is 2. The minimum absolute atomic E-state index is 0.133. The zero-order valence-corrected chi connectivity index (χ0v) is 11.1. The van der Waals surface area contributed by atoms with Crippen molar-refractivity contribution in [3.8, 4) is 34.0 Å². The SMILES string of the molecule is Nc1ncc(-c2ccccc2O)nc1-c1ccc(O)cc1. The van der Waals surface area contributed by atoms with Gasteiger partial charge in [-0.05, 0) is 36.4 Å². The molecule has 0 saturated carbocycles. The molecule has 4 N–H and O–H groups in total. The van der Waals surface area contributed by atoms with Crippen molar-refractivity contribution in [3.05, 3.63) is 54.7 Å². The quantitative estimate of drug-likeness (QED) is 0.670. The van der Waals surface area contributed by atoms with Crippen molar-refractivity contribution in [1.29, 1.82) is 0 Å². The molecule has 1 heterocycles. The number of aromatic hydroxyl groups is 2. The first-order chi connectivity index (χ1) is 10.1. The van der Waals surface area contributed by atoms with E-state index in [1.807, 2.05) is 6.07 Å². The highest BCUT2D eigenvalue weighted by molar-refractivity contribution is 5.74. The van der Waals surface area contributed by atoms with Gasteiger partial charge in [0.25, 0.3) is 0 Å². The minimum Gasteiger partial charge on any atom is -0.508 e. The number of hydrogen-bond acceptors (Lipinski definition) is 5. The van der Waals surface area contributed by atoms with Crippen LogP contribution in [-0.2, 0) is 0 Å². The topological polar surface area (TPSA) is 92.3 Å². The van der Waals surface area contributed by atoms with Crippen molar-refractivity contribution < 1.29 is 10.2 Å². The van der Waals surface area contributed by atoms with Gasteiger partial charge in [-0.3, -0.25) is 0 Å². The average molecular weight is 279 g/mol. The number of para-hydroxylation sites is 1. The van der Waals surface area contributed by atoms with E-state index < -0.39 is 0 Å². The summed E-state index contributed by atoms with van der Waals surface area (Å²) in [6, 6.07) is 13.4. The van der Waals surface area contributed by atoms with Crippen molar-refractivity contribution in [1.82, 2.24) is 9.97 Å². The van der Waals surface area contributed by atoms with Crippen LogP contribution >= 0.6 is 0 Å². The summed E-state index contributed by atoms with van der Waals surface area (Å²) >= 11 is 0. The second-order valence-corrected chi connectivity index (χ2v) is 4.55. The summed E-state index contributed by atoms with van der Waals surface area (Å²) < 4.78 is 0. The number of nitrogens with two attached hydrogens (primary N) is 1. The van der Waals surface area contributed by atoms with Crippen molar-refractivity contribution in [3.63, 3.8) is 0 Å².